The van der Waals surface area contributed by atoms with Crippen molar-refractivity contribution >= 4 is 17.5 Å². The van der Waals surface area contributed by atoms with Gasteiger partial charge in [-0.3, -0.25) is 9.59 Å². The maximum atomic E-state index is 14.5. The van der Waals surface area contributed by atoms with Crippen molar-refractivity contribution in [3.63, 3.8) is 0 Å². The number of hydrogen-bond donors (Lipinski definition) is 0. The number of ether oxygens (including phenoxy) is 2. The van der Waals surface area contributed by atoms with Crippen LogP contribution in [0.25, 0.3) is 0 Å². The Hall–Kier alpha value is -4.22. The predicted octanol–water partition coefficient (Wildman–Crippen LogP) is 6.20. The molecule has 0 radical (unpaired) electrons. The molecule has 1 aliphatic rings. The standard InChI is InChI=1S/C29H26F6N2O4/c1-27(30)29(34,35)41-22-14-13-21(17-23(22)40-27)37(16-15-18-9-11-20(12-10-18)28(31,32)33)26(39)24(25(38)36(2)3)19-7-5-4-6-8-19/h4-14,17,24H,15-16H2,1-3H3/t24?,27-/m0/s1. The summed E-state index contributed by atoms with van der Waals surface area (Å²) in [5.74, 6) is -6.95. The van der Waals surface area contributed by atoms with Crippen LogP contribution < -0.4 is 14.4 Å². The SMILES string of the molecule is CN(C)C(=O)C(C(=O)N(CCc1ccc(C(F)(F)F)cc1)c1ccc2c(c1)O[C@](C)(F)C(F)(F)O2)c1ccccc1. The maximum absolute atomic E-state index is 14.5. The minimum absolute atomic E-state index is 0.0644. The first-order chi connectivity index (χ1) is 19.1. The van der Waals surface area contributed by atoms with Crippen molar-refractivity contribution in [1.82, 2.24) is 4.90 Å². The monoisotopic (exact) mass is 580 g/mol. The zero-order valence-electron chi connectivity index (χ0n) is 22.2. The van der Waals surface area contributed by atoms with Crippen LogP contribution in [0.15, 0.2) is 72.8 Å². The van der Waals surface area contributed by atoms with Gasteiger partial charge in [-0.2, -0.15) is 26.3 Å². The van der Waals surface area contributed by atoms with Crippen LogP contribution in [0.3, 0.4) is 0 Å². The van der Waals surface area contributed by atoms with Crippen molar-refractivity contribution in [2.75, 3.05) is 25.5 Å². The van der Waals surface area contributed by atoms with Crippen LogP contribution in [0.2, 0.25) is 0 Å². The molecule has 3 aromatic carbocycles. The van der Waals surface area contributed by atoms with Crippen molar-refractivity contribution in [2.24, 2.45) is 0 Å². The van der Waals surface area contributed by atoms with Crippen LogP contribution in [-0.2, 0) is 22.2 Å². The van der Waals surface area contributed by atoms with Crippen molar-refractivity contribution in [2.45, 2.75) is 37.4 Å². The van der Waals surface area contributed by atoms with Crippen LogP contribution in [0.5, 0.6) is 11.5 Å². The number of halogens is 6. The molecule has 0 aromatic heterocycles. The molecule has 0 spiro atoms. The van der Waals surface area contributed by atoms with Crippen molar-refractivity contribution in [3.05, 3.63) is 89.5 Å². The quantitative estimate of drug-likeness (QED) is 0.247. The van der Waals surface area contributed by atoms with Gasteiger partial charge in [-0.1, -0.05) is 42.5 Å². The number of amides is 2. The fourth-order valence-corrected chi connectivity index (χ4v) is 4.24. The number of carbonyl (C=O) groups excluding carboxylic acids is 2. The van der Waals surface area contributed by atoms with Crippen molar-refractivity contribution in [3.8, 4) is 11.5 Å². The molecule has 218 valence electrons. The van der Waals surface area contributed by atoms with Crippen LogP contribution in [0.4, 0.5) is 32.0 Å². The minimum atomic E-state index is -4.52. The second kappa shape index (κ2) is 11.0. The Labute approximate surface area is 232 Å². The van der Waals surface area contributed by atoms with Gasteiger partial charge in [0.05, 0.1) is 5.56 Å². The zero-order valence-corrected chi connectivity index (χ0v) is 22.2. The van der Waals surface area contributed by atoms with E-state index in [2.05, 4.69) is 4.74 Å². The summed E-state index contributed by atoms with van der Waals surface area (Å²) in [7, 11) is 2.95. The Morgan fingerprint density at radius 3 is 2.07 bits per heavy atom. The smallest absolute Gasteiger partial charge is 0.445 e. The number of rotatable bonds is 7. The van der Waals surface area contributed by atoms with E-state index in [-0.39, 0.29) is 18.7 Å². The highest BCUT2D eigenvalue weighted by Gasteiger charge is 2.60. The maximum Gasteiger partial charge on any atom is 0.471 e. The van der Waals surface area contributed by atoms with Gasteiger partial charge in [0, 0.05) is 39.3 Å². The molecular weight excluding hydrogens is 554 g/mol. The lowest BCUT2D eigenvalue weighted by molar-refractivity contribution is -0.332. The molecule has 1 heterocycles. The Morgan fingerprint density at radius 2 is 1.49 bits per heavy atom. The minimum Gasteiger partial charge on any atom is -0.445 e. The number of likely N-dealkylation sites (N-methyl/N-ethyl adjacent to an activating group) is 1. The largest absolute Gasteiger partial charge is 0.471 e. The normalized spacial score (nSPS) is 18.4. The molecule has 0 saturated carbocycles. The predicted molar refractivity (Wildman–Crippen MR) is 138 cm³/mol. The lowest BCUT2D eigenvalue weighted by atomic mass is 9.95. The third-order valence-corrected chi connectivity index (χ3v) is 6.54. The molecule has 1 unspecified atom stereocenters. The first kappa shape index (κ1) is 29.8. The Bertz CT molecular complexity index is 1410. The molecule has 2 amide bonds. The first-order valence-electron chi connectivity index (χ1n) is 12.4. The second-order valence-corrected chi connectivity index (χ2v) is 9.78. The molecule has 41 heavy (non-hydrogen) atoms. The molecule has 0 aliphatic carbocycles. The fraction of sp³-hybridized carbons (Fsp3) is 0.310. The van der Waals surface area contributed by atoms with E-state index in [0.29, 0.717) is 18.1 Å². The summed E-state index contributed by atoms with van der Waals surface area (Å²) >= 11 is 0. The van der Waals surface area contributed by atoms with Gasteiger partial charge in [0.2, 0.25) is 11.8 Å². The summed E-state index contributed by atoms with van der Waals surface area (Å²) in [5.41, 5.74) is 0.0642. The average molecular weight is 581 g/mol. The molecule has 0 bridgehead atoms. The lowest BCUT2D eigenvalue weighted by Crippen LogP contribution is -2.53. The number of alkyl halides is 6. The summed E-state index contributed by atoms with van der Waals surface area (Å²) in [6, 6.07) is 16.0. The van der Waals surface area contributed by atoms with E-state index in [1.54, 1.807) is 30.3 Å². The number of hydrogen-bond acceptors (Lipinski definition) is 4. The molecule has 1 aliphatic heterocycles. The molecule has 0 saturated heterocycles. The van der Waals surface area contributed by atoms with Gasteiger partial charge < -0.3 is 19.3 Å². The van der Waals surface area contributed by atoms with Crippen LogP contribution in [0.1, 0.15) is 29.5 Å². The van der Waals surface area contributed by atoms with Gasteiger partial charge in [0.15, 0.2) is 11.5 Å². The van der Waals surface area contributed by atoms with Gasteiger partial charge >= 0.3 is 18.1 Å². The van der Waals surface area contributed by atoms with Gasteiger partial charge in [0.1, 0.15) is 5.92 Å². The average Bonchev–Trinajstić information content (AvgIpc) is 2.89. The number of carbonyl (C=O) groups is 2. The molecule has 0 N–H and O–H groups in total. The van der Waals surface area contributed by atoms with Crippen LogP contribution in [-0.4, -0.2) is 49.3 Å². The number of nitrogens with zero attached hydrogens (tertiary/aromatic N) is 2. The summed E-state index contributed by atoms with van der Waals surface area (Å²) < 4.78 is 91.0. The van der Waals surface area contributed by atoms with E-state index in [4.69, 9.17) is 4.74 Å². The van der Waals surface area contributed by atoms with Crippen LogP contribution >= 0.6 is 0 Å². The second-order valence-electron chi connectivity index (χ2n) is 9.78. The molecular formula is C29H26F6N2O4. The lowest BCUT2D eigenvalue weighted by Gasteiger charge is -2.36. The fourth-order valence-electron chi connectivity index (χ4n) is 4.24. The third-order valence-electron chi connectivity index (χ3n) is 6.54. The third kappa shape index (κ3) is 6.26. The Kier molecular flexibility index (Phi) is 7.97. The topological polar surface area (TPSA) is 59.1 Å². The van der Waals surface area contributed by atoms with Gasteiger partial charge in [-0.25, -0.2) is 0 Å². The van der Waals surface area contributed by atoms with Gasteiger partial charge in [0.25, 0.3) is 0 Å². The number of benzene rings is 3. The summed E-state index contributed by atoms with van der Waals surface area (Å²) in [4.78, 5) is 29.7. The number of fused-ring (bicyclic) bond motifs is 1. The van der Waals surface area contributed by atoms with E-state index in [0.717, 1.165) is 24.3 Å². The molecule has 12 heteroatoms. The van der Waals surface area contributed by atoms with Crippen LogP contribution in [0, 0.1) is 0 Å². The highest BCUT2D eigenvalue weighted by atomic mass is 19.4. The van der Waals surface area contributed by atoms with E-state index >= 15 is 0 Å². The molecule has 4 rings (SSSR count). The molecule has 0 fully saturated rings. The summed E-state index contributed by atoms with van der Waals surface area (Å²) in [6.07, 6.45) is -8.74. The van der Waals surface area contributed by atoms with E-state index in [1.165, 1.54) is 42.1 Å². The zero-order chi connectivity index (χ0) is 30.2. The highest BCUT2D eigenvalue weighted by Crippen LogP contribution is 2.47. The van der Waals surface area contributed by atoms with Crippen molar-refractivity contribution < 1.29 is 45.4 Å². The highest BCUT2D eigenvalue weighted by molar-refractivity contribution is 6.12. The summed E-state index contributed by atoms with van der Waals surface area (Å²) in [5, 5.41) is 0. The molecule has 3 aromatic rings. The van der Waals surface area contributed by atoms with E-state index in [9.17, 15) is 35.9 Å². The molecule has 2 atom stereocenters. The van der Waals surface area contributed by atoms with E-state index < -0.39 is 52.9 Å². The Morgan fingerprint density at radius 1 is 0.854 bits per heavy atom. The molecule has 6 nitrogen and oxygen atoms in total. The van der Waals surface area contributed by atoms with Gasteiger partial charge in [-0.15, -0.1) is 0 Å². The van der Waals surface area contributed by atoms with Gasteiger partial charge in [-0.05, 0) is 41.8 Å². The number of anilines is 1. The first-order valence-corrected chi connectivity index (χ1v) is 12.4. The summed E-state index contributed by atoms with van der Waals surface area (Å²) in [6.45, 7) is 0.369. The Balaban J connectivity index is 1.74. The van der Waals surface area contributed by atoms with E-state index in [1.807, 2.05) is 0 Å². The van der Waals surface area contributed by atoms with Crippen molar-refractivity contribution in [1.29, 1.82) is 0 Å².